The van der Waals surface area contributed by atoms with E-state index in [2.05, 4.69) is 16.1 Å². The van der Waals surface area contributed by atoms with E-state index in [0.29, 0.717) is 37.4 Å². The molecule has 1 heterocycles. The predicted octanol–water partition coefficient (Wildman–Crippen LogP) is 2.85. The van der Waals surface area contributed by atoms with Gasteiger partial charge < -0.3 is 14.5 Å². The minimum Gasteiger partial charge on any atom is -0.391 e. The number of hydrogen-bond donors (Lipinski definition) is 0. The van der Waals surface area contributed by atoms with E-state index in [9.17, 15) is 10.1 Å². The fourth-order valence-electron chi connectivity index (χ4n) is 2.81. The summed E-state index contributed by atoms with van der Waals surface area (Å²) in [6.07, 6.45) is 1.47. The lowest BCUT2D eigenvalue weighted by atomic mass is 10.1. The van der Waals surface area contributed by atoms with Crippen molar-refractivity contribution < 1.29 is 14.5 Å². The summed E-state index contributed by atoms with van der Waals surface area (Å²) in [5.41, 5.74) is 2.68. The van der Waals surface area contributed by atoms with Gasteiger partial charge >= 0.3 is 0 Å². The molecule has 1 saturated heterocycles. The number of anilines is 1. The van der Waals surface area contributed by atoms with Crippen LogP contribution in [-0.4, -0.2) is 37.4 Å². The van der Waals surface area contributed by atoms with Gasteiger partial charge in [-0.3, -0.25) is 10.1 Å². The highest BCUT2D eigenvalue weighted by Crippen LogP contribution is 2.25. The molecule has 8 nitrogen and oxygen atoms in total. The van der Waals surface area contributed by atoms with E-state index in [1.807, 2.05) is 6.07 Å². The molecule has 0 atom stereocenters. The number of oxime groups is 1. The highest BCUT2D eigenvalue weighted by Gasteiger charge is 2.17. The first-order valence-corrected chi connectivity index (χ1v) is 8.43. The molecule has 0 radical (unpaired) electrons. The normalized spacial score (nSPS) is 14.1. The first-order valence-electron chi connectivity index (χ1n) is 8.43. The number of nitro benzene ring substituents is 1. The third kappa shape index (κ3) is 4.59. The summed E-state index contributed by atoms with van der Waals surface area (Å²) in [5.74, 6) is 0. The Bertz CT molecular complexity index is 886. The largest absolute Gasteiger partial charge is 0.391 e. The van der Waals surface area contributed by atoms with E-state index in [4.69, 9.17) is 14.8 Å². The lowest BCUT2D eigenvalue weighted by molar-refractivity contribution is -0.384. The molecule has 3 rings (SSSR count). The summed E-state index contributed by atoms with van der Waals surface area (Å²) < 4.78 is 5.36. The number of morpholine rings is 1. The van der Waals surface area contributed by atoms with Crippen molar-refractivity contribution in [1.29, 1.82) is 5.26 Å². The minimum absolute atomic E-state index is 0.0108. The van der Waals surface area contributed by atoms with Crippen molar-refractivity contribution in [2.45, 2.75) is 6.61 Å². The van der Waals surface area contributed by atoms with Crippen molar-refractivity contribution in [2.75, 3.05) is 31.2 Å². The van der Waals surface area contributed by atoms with Crippen LogP contribution in [0.1, 0.15) is 16.7 Å². The van der Waals surface area contributed by atoms with Gasteiger partial charge in [-0.1, -0.05) is 23.4 Å². The molecule has 1 aliphatic heterocycles. The van der Waals surface area contributed by atoms with Gasteiger partial charge in [0.05, 0.1) is 36.0 Å². The van der Waals surface area contributed by atoms with Crippen molar-refractivity contribution in [2.24, 2.45) is 5.16 Å². The number of hydrogen-bond acceptors (Lipinski definition) is 7. The lowest BCUT2D eigenvalue weighted by Gasteiger charge is -2.29. The molecular weight excluding hydrogens is 348 g/mol. The van der Waals surface area contributed by atoms with Crippen molar-refractivity contribution in [3.63, 3.8) is 0 Å². The first kappa shape index (κ1) is 18.4. The zero-order chi connectivity index (χ0) is 19.1. The molecule has 0 amide bonds. The highest BCUT2D eigenvalue weighted by molar-refractivity contribution is 5.89. The van der Waals surface area contributed by atoms with E-state index in [1.54, 1.807) is 24.3 Å². The van der Waals surface area contributed by atoms with Gasteiger partial charge in [0, 0.05) is 42.0 Å². The molecular formula is C19H18N4O4. The molecule has 0 bridgehead atoms. The lowest BCUT2D eigenvalue weighted by Crippen LogP contribution is -2.36. The summed E-state index contributed by atoms with van der Waals surface area (Å²) in [4.78, 5) is 18.1. The van der Waals surface area contributed by atoms with Crippen LogP contribution in [-0.2, 0) is 16.2 Å². The Balaban J connectivity index is 1.77. The second kappa shape index (κ2) is 8.78. The molecule has 1 aliphatic rings. The Morgan fingerprint density at radius 2 is 2.07 bits per heavy atom. The van der Waals surface area contributed by atoms with Crippen LogP contribution < -0.4 is 4.90 Å². The van der Waals surface area contributed by atoms with Gasteiger partial charge in [0.15, 0.2) is 0 Å². The maximum atomic E-state index is 11.1. The average Bonchev–Trinajstić information content (AvgIpc) is 2.72. The van der Waals surface area contributed by atoms with Crippen LogP contribution in [0.2, 0.25) is 0 Å². The fourth-order valence-corrected chi connectivity index (χ4v) is 2.81. The van der Waals surface area contributed by atoms with E-state index in [-0.39, 0.29) is 12.3 Å². The van der Waals surface area contributed by atoms with Crippen LogP contribution >= 0.6 is 0 Å². The van der Waals surface area contributed by atoms with Crippen LogP contribution in [0.25, 0.3) is 0 Å². The molecule has 27 heavy (non-hydrogen) atoms. The van der Waals surface area contributed by atoms with E-state index >= 15 is 0 Å². The number of non-ortho nitro benzene ring substituents is 1. The topological polar surface area (TPSA) is 101 Å². The average molecular weight is 366 g/mol. The number of ether oxygens (including phenoxy) is 1. The molecule has 0 N–H and O–H groups in total. The van der Waals surface area contributed by atoms with Crippen molar-refractivity contribution >= 4 is 17.6 Å². The first-order chi connectivity index (χ1) is 13.2. The Kier molecular flexibility index (Phi) is 5.97. The molecule has 138 valence electrons. The molecule has 8 heteroatoms. The van der Waals surface area contributed by atoms with Crippen LogP contribution in [0.5, 0.6) is 0 Å². The molecule has 2 aromatic rings. The maximum absolute atomic E-state index is 11.1. The summed E-state index contributed by atoms with van der Waals surface area (Å²) in [5, 5.41) is 24.1. The quantitative estimate of drug-likeness (QED) is 0.443. The summed E-state index contributed by atoms with van der Waals surface area (Å²) in [6.45, 7) is 2.76. The molecule has 0 aromatic heterocycles. The van der Waals surface area contributed by atoms with Gasteiger partial charge in [-0.2, -0.15) is 5.26 Å². The third-order valence-corrected chi connectivity index (χ3v) is 4.20. The molecule has 2 aromatic carbocycles. The smallest absolute Gasteiger partial charge is 0.270 e. The van der Waals surface area contributed by atoms with E-state index < -0.39 is 4.92 Å². The Morgan fingerprint density at radius 1 is 1.30 bits per heavy atom. The van der Waals surface area contributed by atoms with Gasteiger partial charge in [0.1, 0.15) is 6.61 Å². The highest BCUT2D eigenvalue weighted by atomic mass is 16.6. The van der Waals surface area contributed by atoms with Gasteiger partial charge in [-0.05, 0) is 12.1 Å². The fraction of sp³-hybridized carbons (Fsp3) is 0.263. The Labute approximate surface area is 156 Å². The van der Waals surface area contributed by atoms with Crippen LogP contribution in [0.4, 0.5) is 11.4 Å². The molecule has 0 saturated carbocycles. The monoisotopic (exact) mass is 366 g/mol. The van der Waals surface area contributed by atoms with Gasteiger partial charge in [-0.25, -0.2) is 0 Å². The van der Waals surface area contributed by atoms with E-state index in [0.717, 1.165) is 11.3 Å². The molecule has 0 spiro atoms. The second-order valence-corrected chi connectivity index (χ2v) is 5.88. The second-order valence-electron chi connectivity index (χ2n) is 5.88. The molecule has 0 aliphatic carbocycles. The zero-order valence-corrected chi connectivity index (χ0v) is 14.6. The standard InChI is InChI=1S/C19H18N4O4/c20-12-15-3-1-2-4-16(15)14-27-21-13-17-11-18(23(24)25)5-6-19(17)22-7-9-26-10-8-22/h1-6,11,13H,7-10,14H2/b21-13+. The molecule has 0 unspecified atom stereocenters. The summed E-state index contributed by atoms with van der Waals surface area (Å²) >= 11 is 0. The Morgan fingerprint density at radius 3 is 2.81 bits per heavy atom. The Hall–Kier alpha value is -3.44. The predicted molar refractivity (Wildman–Crippen MR) is 99.7 cm³/mol. The maximum Gasteiger partial charge on any atom is 0.270 e. The minimum atomic E-state index is -0.440. The van der Waals surface area contributed by atoms with Crippen molar-refractivity contribution in [3.8, 4) is 6.07 Å². The van der Waals surface area contributed by atoms with Crippen molar-refractivity contribution in [3.05, 3.63) is 69.3 Å². The zero-order valence-electron chi connectivity index (χ0n) is 14.6. The van der Waals surface area contributed by atoms with Crippen molar-refractivity contribution in [1.82, 2.24) is 0 Å². The van der Waals surface area contributed by atoms with Crippen LogP contribution in [0.15, 0.2) is 47.6 Å². The van der Waals surface area contributed by atoms with Crippen LogP contribution in [0.3, 0.4) is 0 Å². The number of nitrogens with zero attached hydrogens (tertiary/aromatic N) is 4. The number of rotatable bonds is 6. The summed E-state index contributed by atoms with van der Waals surface area (Å²) in [7, 11) is 0. The van der Waals surface area contributed by atoms with Crippen LogP contribution in [0, 0.1) is 21.4 Å². The third-order valence-electron chi connectivity index (χ3n) is 4.20. The molecule has 1 fully saturated rings. The number of nitro groups is 1. The number of nitriles is 1. The SMILES string of the molecule is N#Cc1ccccc1CO/N=C/c1cc([N+](=O)[O-])ccc1N1CCOCC1. The summed E-state index contributed by atoms with van der Waals surface area (Å²) in [6, 6.07) is 13.9. The van der Waals surface area contributed by atoms with E-state index in [1.165, 1.54) is 18.3 Å². The van der Waals surface area contributed by atoms with Gasteiger partial charge in [0.25, 0.3) is 5.69 Å². The number of benzene rings is 2. The van der Waals surface area contributed by atoms with Gasteiger partial charge in [-0.15, -0.1) is 0 Å². The van der Waals surface area contributed by atoms with Gasteiger partial charge in [0.2, 0.25) is 0 Å².